The van der Waals surface area contributed by atoms with Crippen LogP contribution in [0.3, 0.4) is 0 Å². The third-order valence-electron chi connectivity index (χ3n) is 2.69. The minimum Gasteiger partial charge on any atom is -0.376 e. The van der Waals surface area contributed by atoms with Crippen LogP contribution in [-0.2, 0) is 4.79 Å². The fourth-order valence-electron chi connectivity index (χ4n) is 1.58. The van der Waals surface area contributed by atoms with Gasteiger partial charge in [0.1, 0.15) is 0 Å². The minimum absolute atomic E-state index is 0.0504. The van der Waals surface area contributed by atoms with E-state index < -0.39 is 0 Å². The Balaban J connectivity index is 2.82. The number of amides is 1. The molecule has 0 heterocycles. The van der Waals surface area contributed by atoms with Crippen LogP contribution in [0.15, 0.2) is 22.7 Å². The topological polar surface area (TPSA) is 58.4 Å². The molecule has 0 aliphatic carbocycles. The van der Waals surface area contributed by atoms with Gasteiger partial charge in [0.2, 0.25) is 5.91 Å². The summed E-state index contributed by atoms with van der Waals surface area (Å²) in [5.74, 6) is -0.0504. The highest BCUT2D eigenvalue weighted by molar-refractivity contribution is 9.10. The van der Waals surface area contributed by atoms with Gasteiger partial charge in [0.25, 0.3) is 0 Å². The number of carbonyl (C=O) groups is 1. The summed E-state index contributed by atoms with van der Waals surface area (Å²) in [6.45, 7) is 1.97. The lowest BCUT2D eigenvalue weighted by Gasteiger charge is -2.19. The summed E-state index contributed by atoms with van der Waals surface area (Å²) in [6, 6.07) is 5.72. The number of hydrogen-bond acceptors (Lipinski definition) is 3. The Bertz CT molecular complexity index is 421. The third kappa shape index (κ3) is 4.31. The molecular weight excluding hydrogens is 294 g/mol. The minimum atomic E-state index is -0.0834. The first kappa shape index (κ1) is 15.0. The monoisotopic (exact) mass is 313 g/mol. The molecule has 1 amide bonds. The van der Waals surface area contributed by atoms with Crippen molar-refractivity contribution < 1.29 is 4.79 Å². The van der Waals surface area contributed by atoms with E-state index in [1.54, 1.807) is 0 Å². The Morgan fingerprint density at radius 1 is 1.50 bits per heavy atom. The second-order valence-electron chi connectivity index (χ2n) is 4.48. The normalized spacial score (nSPS) is 12.1. The van der Waals surface area contributed by atoms with Crippen molar-refractivity contribution in [2.75, 3.05) is 24.3 Å². The number of rotatable bonds is 5. The Hall–Kier alpha value is -1.07. The third-order valence-corrected chi connectivity index (χ3v) is 3.18. The number of anilines is 2. The summed E-state index contributed by atoms with van der Waals surface area (Å²) < 4.78 is 0.934. The van der Waals surface area contributed by atoms with E-state index in [0.717, 1.165) is 22.3 Å². The molecule has 1 aromatic rings. The van der Waals surface area contributed by atoms with Gasteiger partial charge in [-0.25, -0.2) is 0 Å². The lowest BCUT2D eigenvalue weighted by Crippen LogP contribution is -2.26. The Morgan fingerprint density at radius 2 is 2.17 bits per heavy atom. The number of carbonyl (C=O) groups excluding carboxylic acids is 1. The van der Waals surface area contributed by atoms with Gasteiger partial charge in [0, 0.05) is 31.0 Å². The molecule has 5 heteroatoms. The van der Waals surface area contributed by atoms with Crippen LogP contribution in [0.2, 0.25) is 0 Å². The van der Waals surface area contributed by atoms with Crippen molar-refractivity contribution in [1.82, 2.24) is 0 Å². The average molecular weight is 314 g/mol. The molecule has 4 nitrogen and oxygen atoms in total. The van der Waals surface area contributed by atoms with E-state index in [9.17, 15) is 4.79 Å². The highest BCUT2D eigenvalue weighted by Crippen LogP contribution is 2.28. The molecule has 1 rings (SSSR count). The summed E-state index contributed by atoms with van der Waals surface area (Å²) in [4.78, 5) is 13.8. The van der Waals surface area contributed by atoms with Crippen molar-refractivity contribution in [1.29, 1.82) is 0 Å². The molecule has 0 radical (unpaired) electrons. The first-order chi connectivity index (χ1) is 8.43. The molecule has 0 saturated heterocycles. The Morgan fingerprint density at radius 3 is 2.72 bits per heavy atom. The molecule has 100 valence electrons. The van der Waals surface area contributed by atoms with Crippen LogP contribution in [0.5, 0.6) is 0 Å². The van der Waals surface area contributed by atoms with Gasteiger partial charge in [-0.15, -0.1) is 0 Å². The molecule has 1 aromatic carbocycles. The van der Waals surface area contributed by atoms with Gasteiger partial charge in [0.05, 0.1) is 11.4 Å². The van der Waals surface area contributed by atoms with Gasteiger partial charge in [0.15, 0.2) is 0 Å². The van der Waals surface area contributed by atoms with E-state index in [2.05, 4.69) is 21.2 Å². The Labute approximate surface area is 117 Å². The molecule has 0 spiro atoms. The zero-order valence-electron chi connectivity index (χ0n) is 11.0. The quantitative estimate of drug-likeness (QED) is 0.878. The molecule has 3 N–H and O–H groups in total. The Kier molecular flexibility index (Phi) is 5.62. The van der Waals surface area contributed by atoms with Gasteiger partial charge < -0.3 is 16.0 Å². The molecule has 0 saturated carbocycles. The van der Waals surface area contributed by atoms with Crippen LogP contribution in [0.4, 0.5) is 11.4 Å². The van der Waals surface area contributed by atoms with Crippen LogP contribution < -0.4 is 16.0 Å². The van der Waals surface area contributed by atoms with E-state index in [0.29, 0.717) is 6.42 Å². The van der Waals surface area contributed by atoms with E-state index in [4.69, 9.17) is 5.73 Å². The largest absolute Gasteiger partial charge is 0.376 e. The van der Waals surface area contributed by atoms with Gasteiger partial charge in [-0.2, -0.15) is 0 Å². The molecule has 18 heavy (non-hydrogen) atoms. The fraction of sp³-hybridized carbons (Fsp3) is 0.462. The molecule has 0 aliphatic heterocycles. The number of nitrogens with two attached hydrogens (primary N) is 1. The maximum absolute atomic E-state index is 11.8. The molecule has 1 unspecified atom stereocenters. The van der Waals surface area contributed by atoms with Crippen molar-refractivity contribution in [2.45, 2.75) is 25.8 Å². The SMILES string of the molecule is CCC(N)CC(=O)Nc1cc(Br)ccc1N(C)C. The first-order valence-corrected chi connectivity index (χ1v) is 6.75. The second kappa shape index (κ2) is 6.75. The highest BCUT2D eigenvalue weighted by atomic mass is 79.9. The lowest BCUT2D eigenvalue weighted by molar-refractivity contribution is -0.116. The molecule has 0 bridgehead atoms. The molecular formula is C13H20BrN3O. The average Bonchev–Trinajstić information content (AvgIpc) is 2.28. The van der Waals surface area contributed by atoms with E-state index in [1.807, 2.05) is 44.1 Å². The number of halogens is 1. The van der Waals surface area contributed by atoms with E-state index >= 15 is 0 Å². The first-order valence-electron chi connectivity index (χ1n) is 5.96. The van der Waals surface area contributed by atoms with Gasteiger partial charge >= 0.3 is 0 Å². The zero-order valence-corrected chi connectivity index (χ0v) is 12.6. The van der Waals surface area contributed by atoms with Crippen LogP contribution in [-0.4, -0.2) is 26.0 Å². The van der Waals surface area contributed by atoms with Crippen molar-refractivity contribution in [3.63, 3.8) is 0 Å². The van der Waals surface area contributed by atoms with Crippen LogP contribution >= 0.6 is 15.9 Å². The predicted octanol–water partition coefficient (Wildman–Crippen LogP) is 2.58. The van der Waals surface area contributed by atoms with Crippen molar-refractivity contribution >= 4 is 33.2 Å². The smallest absolute Gasteiger partial charge is 0.225 e. The van der Waals surface area contributed by atoms with E-state index in [1.165, 1.54) is 0 Å². The van der Waals surface area contributed by atoms with Crippen molar-refractivity contribution in [3.05, 3.63) is 22.7 Å². The maximum atomic E-state index is 11.8. The second-order valence-corrected chi connectivity index (χ2v) is 5.39. The number of benzene rings is 1. The zero-order chi connectivity index (χ0) is 13.7. The summed E-state index contributed by atoms with van der Waals surface area (Å²) in [5, 5.41) is 2.91. The fourth-order valence-corrected chi connectivity index (χ4v) is 1.94. The molecule has 1 atom stereocenters. The van der Waals surface area contributed by atoms with Gasteiger partial charge in [-0.05, 0) is 24.6 Å². The number of hydrogen-bond donors (Lipinski definition) is 2. The van der Waals surface area contributed by atoms with Crippen LogP contribution in [0.1, 0.15) is 19.8 Å². The summed E-state index contributed by atoms with van der Waals surface area (Å²) in [7, 11) is 3.88. The summed E-state index contributed by atoms with van der Waals surface area (Å²) in [5.41, 5.74) is 7.54. The van der Waals surface area contributed by atoms with Crippen molar-refractivity contribution in [3.8, 4) is 0 Å². The van der Waals surface area contributed by atoms with Crippen LogP contribution in [0.25, 0.3) is 0 Å². The molecule has 0 aliphatic rings. The van der Waals surface area contributed by atoms with Gasteiger partial charge in [-0.1, -0.05) is 22.9 Å². The number of nitrogens with one attached hydrogen (secondary N) is 1. The predicted molar refractivity (Wildman–Crippen MR) is 80.0 cm³/mol. The van der Waals surface area contributed by atoms with E-state index in [-0.39, 0.29) is 11.9 Å². The van der Waals surface area contributed by atoms with Crippen LogP contribution in [0, 0.1) is 0 Å². The standard InChI is InChI=1S/C13H20BrN3O/c1-4-10(15)8-13(18)16-11-7-9(14)5-6-12(11)17(2)3/h5-7,10H,4,8,15H2,1-3H3,(H,16,18). The number of nitrogens with zero attached hydrogens (tertiary/aromatic N) is 1. The summed E-state index contributed by atoms with van der Waals surface area (Å²) >= 11 is 3.41. The van der Waals surface area contributed by atoms with Gasteiger partial charge in [-0.3, -0.25) is 4.79 Å². The molecule has 0 aromatic heterocycles. The molecule has 0 fully saturated rings. The highest BCUT2D eigenvalue weighted by Gasteiger charge is 2.11. The lowest BCUT2D eigenvalue weighted by atomic mass is 10.1. The summed E-state index contributed by atoms with van der Waals surface area (Å²) in [6.07, 6.45) is 1.14. The van der Waals surface area contributed by atoms with Crippen molar-refractivity contribution in [2.24, 2.45) is 5.73 Å². The maximum Gasteiger partial charge on any atom is 0.225 e.